The fourth-order valence-electron chi connectivity index (χ4n) is 8.11. The van der Waals surface area contributed by atoms with Gasteiger partial charge in [0.15, 0.2) is 0 Å². The summed E-state index contributed by atoms with van der Waals surface area (Å²) >= 11 is 0. The molecule has 13 nitrogen and oxygen atoms in total. The largest absolute Gasteiger partial charge is 0.494 e. The number of rotatable bonds is 36. The van der Waals surface area contributed by atoms with Gasteiger partial charge in [-0.05, 0) is 179 Å². The first kappa shape index (κ1) is 57.4. The summed E-state index contributed by atoms with van der Waals surface area (Å²) in [4.78, 5) is 53.7. The number of ether oxygens (including phenoxy) is 8. The average Bonchev–Trinajstić information content (AvgIpc) is 3.44. The summed E-state index contributed by atoms with van der Waals surface area (Å²) in [6.45, 7) is 13.1. The molecule has 400 valence electrons. The van der Waals surface area contributed by atoms with E-state index in [2.05, 4.69) is 19.7 Å². The summed E-state index contributed by atoms with van der Waals surface area (Å²) in [5.74, 6) is 2.13. The lowest BCUT2D eigenvalue weighted by Gasteiger charge is -2.14. The van der Waals surface area contributed by atoms with E-state index < -0.39 is 11.9 Å². The van der Waals surface area contributed by atoms with E-state index in [-0.39, 0.29) is 30.7 Å². The summed E-state index contributed by atoms with van der Waals surface area (Å²) < 4.78 is 46.0. The molecule has 0 atom stereocenters. The van der Waals surface area contributed by atoms with Gasteiger partial charge in [0.2, 0.25) is 5.88 Å². The summed E-state index contributed by atoms with van der Waals surface area (Å²) in [5.41, 5.74) is 2.51. The first-order chi connectivity index (χ1) is 37.2. The van der Waals surface area contributed by atoms with Crippen molar-refractivity contribution in [2.75, 3.05) is 33.0 Å². The molecule has 76 heavy (non-hydrogen) atoms. The van der Waals surface area contributed by atoms with Gasteiger partial charge in [-0.25, -0.2) is 14.6 Å². The number of fused-ring (bicyclic) bond motifs is 3. The molecule has 0 amide bonds. The van der Waals surface area contributed by atoms with Gasteiger partial charge in [-0.2, -0.15) is 0 Å². The predicted molar refractivity (Wildman–Crippen MR) is 296 cm³/mol. The Labute approximate surface area is 446 Å². The Balaban J connectivity index is 1.06. The van der Waals surface area contributed by atoms with Crippen LogP contribution in [0.1, 0.15) is 107 Å². The number of aromatic nitrogens is 1. The molecule has 0 N–H and O–H groups in total. The van der Waals surface area contributed by atoms with E-state index >= 15 is 0 Å². The van der Waals surface area contributed by atoms with Crippen LogP contribution in [0.5, 0.6) is 40.4 Å². The molecule has 0 aliphatic heterocycles. The highest BCUT2D eigenvalue weighted by Crippen LogP contribution is 2.37. The summed E-state index contributed by atoms with van der Waals surface area (Å²) in [5, 5.41) is 2.20. The number of pyridine rings is 1. The molecule has 0 aliphatic carbocycles. The van der Waals surface area contributed by atoms with E-state index in [0.29, 0.717) is 79.8 Å². The number of carbonyl (C=O) groups is 4. The molecule has 13 heteroatoms. The van der Waals surface area contributed by atoms with Gasteiger partial charge in [-0.3, -0.25) is 9.59 Å². The molecule has 6 aromatic rings. The van der Waals surface area contributed by atoms with Crippen LogP contribution in [0.15, 0.2) is 147 Å². The van der Waals surface area contributed by atoms with Gasteiger partial charge in [0.05, 0.1) is 38.6 Å². The molecule has 0 fully saturated rings. The van der Waals surface area contributed by atoms with Crippen LogP contribution < -0.4 is 28.4 Å². The molecule has 0 spiro atoms. The van der Waals surface area contributed by atoms with Crippen LogP contribution in [0.2, 0.25) is 0 Å². The van der Waals surface area contributed by atoms with Crippen molar-refractivity contribution < 1.29 is 57.1 Å². The smallest absolute Gasteiger partial charge is 0.330 e. The Morgan fingerprint density at radius 1 is 0.421 bits per heavy atom. The van der Waals surface area contributed by atoms with Crippen LogP contribution in [0.25, 0.3) is 21.7 Å². The lowest BCUT2D eigenvalue weighted by molar-refractivity contribution is -0.138. The Bertz CT molecular complexity index is 2800. The SMILES string of the molecule is C=CCCCCCCOc1ccc(CCC(=O)Oc2ccc3c(c2)c(Oc2ccc(OCCCCCCOC(=O)C=C)cc2)nc2cc(OC(=O)CCc4ccc(OCCCCCCOC(=O)C=C)cc4)ccc23)cc1. The Kier molecular flexibility index (Phi) is 24.4. The molecule has 1 heterocycles. The minimum atomic E-state index is -0.410. The molecule has 0 saturated heterocycles. The number of esters is 4. The number of aryl methyl sites for hydroxylation is 2. The Hall–Kier alpha value is -7.93. The van der Waals surface area contributed by atoms with Gasteiger partial charge in [0.25, 0.3) is 0 Å². The number of carbonyl (C=O) groups excluding carboxylic acids is 4. The fraction of sp³-hybridized carbons (Fsp3) is 0.349. The van der Waals surface area contributed by atoms with Crippen LogP contribution in [0.3, 0.4) is 0 Å². The number of hydrogen-bond donors (Lipinski definition) is 0. The summed E-state index contributed by atoms with van der Waals surface area (Å²) in [6.07, 6.45) is 18.2. The van der Waals surface area contributed by atoms with Crippen molar-refractivity contribution in [2.45, 2.75) is 109 Å². The molecule has 5 aromatic carbocycles. The maximum atomic E-state index is 13.2. The van der Waals surface area contributed by atoms with Gasteiger partial charge in [0.1, 0.15) is 34.5 Å². The van der Waals surface area contributed by atoms with Gasteiger partial charge < -0.3 is 37.9 Å². The molecular formula is C63H71NO12. The van der Waals surface area contributed by atoms with E-state index in [1.54, 1.807) is 36.4 Å². The number of unbranched alkanes of at least 4 members (excludes halogenated alkanes) is 10. The first-order valence-electron chi connectivity index (χ1n) is 26.5. The van der Waals surface area contributed by atoms with Crippen molar-refractivity contribution in [1.82, 2.24) is 4.98 Å². The highest BCUT2D eigenvalue weighted by molar-refractivity contribution is 6.08. The molecule has 0 unspecified atom stereocenters. The summed E-state index contributed by atoms with van der Waals surface area (Å²) in [7, 11) is 0. The molecular weight excluding hydrogens is 963 g/mol. The number of benzene rings is 5. The third-order valence-corrected chi connectivity index (χ3v) is 12.3. The van der Waals surface area contributed by atoms with E-state index in [0.717, 1.165) is 117 Å². The van der Waals surface area contributed by atoms with Crippen LogP contribution in [-0.2, 0) is 41.5 Å². The van der Waals surface area contributed by atoms with Crippen molar-refractivity contribution in [3.05, 3.63) is 158 Å². The number of hydrogen-bond acceptors (Lipinski definition) is 13. The zero-order valence-corrected chi connectivity index (χ0v) is 43.6. The average molecular weight is 1030 g/mol. The fourth-order valence-corrected chi connectivity index (χ4v) is 8.11. The van der Waals surface area contributed by atoms with Crippen LogP contribution in [-0.4, -0.2) is 61.9 Å². The van der Waals surface area contributed by atoms with Crippen molar-refractivity contribution >= 4 is 45.6 Å². The standard InChI is InChI=1S/C63H71NO12/c1-4-7-8-9-10-15-40-69-49-26-20-47(21-27-49)24-38-61(67)74-53-34-36-55-56-37-35-54(75-62(68)39-25-48-22-28-50(29-23-48)70-41-16-11-13-18-43-72-59(65)5-2)46-58(56)64-63(57(55)45-53)76-52-32-30-51(31-33-52)71-42-17-12-14-19-44-73-60(66)6-3/h4-6,20-23,26-37,45-46H,1-3,7-19,24-25,38-44H2. The molecule has 0 aliphatic rings. The number of allylic oxidation sites excluding steroid dienone is 1. The van der Waals surface area contributed by atoms with E-state index in [1.807, 2.05) is 78.9 Å². The lowest BCUT2D eigenvalue weighted by Crippen LogP contribution is -2.09. The zero-order valence-electron chi connectivity index (χ0n) is 43.6. The molecule has 1 aromatic heterocycles. The van der Waals surface area contributed by atoms with E-state index in [9.17, 15) is 19.2 Å². The normalized spacial score (nSPS) is 10.8. The van der Waals surface area contributed by atoms with Crippen molar-refractivity contribution in [3.63, 3.8) is 0 Å². The predicted octanol–water partition coefficient (Wildman–Crippen LogP) is 14.1. The third kappa shape index (κ3) is 20.4. The van der Waals surface area contributed by atoms with Crippen LogP contribution >= 0.6 is 0 Å². The van der Waals surface area contributed by atoms with E-state index in [4.69, 9.17) is 42.9 Å². The van der Waals surface area contributed by atoms with Crippen molar-refractivity contribution in [3.8, 4) is 40.4 Å². The lowest BCUT2D eigenvalue weighted by atomic mass is 10.1. The second kappa shape index (κ2) is 32.4. The van der Waals surface area contributed by atoms with Gasteiger partial charge in [-0.1, -0.05) is 56.3 Å². The van der Waals surface area contributed by atoms with Crippen molar-refractivity contribution in [2.24, 2.45) is 0 Å². The van der Waals surface area contributed by atoms with Gasteiger partial charge in [0, 0.05) is 41.8 Å². The monoisotopic (exact) mass is 1030 g/mol. The maximum Gasteiger partial charge on any atom is 0.330 e. The van der Waals surface area contributed by atoms with E-state index in [1.165, 1.54) is 12.5 Å². The van der Waals surface area contributed by atoms with Gasteiger partial charge in [-0.15, -0.1) is 6.58 Å². The van der Waals surface area contributed by atoms with Crippen LogP contribution in [0.4, 0.5) is 0 Å². The molecule has 0 saturated carbocycles. The Morgan fingerprint density at radius 2 is 0.829 bits per heavy atom. The highest BCUT2D eigenvalue weighted by atomic mass is 16.5. The van der Waals surface area contributed by atoms with Crippen molar-refractivity contribution in [1.29, 1.82) is 0 Å². The van der Waals surface area contributed by atoms with Gasteiger partial charge >= 0.3 is 23.9 Å². The third-order valence-electron chi connectivity index (χ3n) is 12.3. The molecule has 6 rings (SSSR count). The second-order valence-electron chi connectivity index (χ2n) is 18.2. The zero-order chi connectivity index (χ0) is 53.6. The first-order valence-corrected chi connectivity index (χ1v) is 26.5. The maximum absolute atomic E-state index is 13.2. The summed E-state index contributed by atoms with van der Waals surface area (Å²) in [6, 6.07) is 33.5. The minimum absolute atomic E-state index is 0.161. The highest BCUT2D eigenvalue weighted by Gasteiger charge is 2.16. The second-order valence-corrected chi connectivity index (χ2v) is 18.2. The van der Waals surface area contributed by atoms with Crippen LogP contribution in [0, 0.1) is 0 Å². The quantitative estimate of drug-likeness (QED) is 0.00916. The molecule has 0 bridgehead atoms. The Morgan fingerprint density at radius 3 is 1.30 bits per heavy atom. The minimum Gasteiger partial charge on any atom is -0.494 e. The number of nitrogens with zero attached hydrogens (tertiary/aromatic N) is 1. The topological polar surface area (TPSA) is 155 Å². The molecule has 0 radical (unpaired) electrons.